The van der Waals surface area contributed by atoms with Crippen LogP contribution >= 0.6 is 0 Å². The van der Waals surface area contributed by atoms with Crippen LogP contribution in [0.25, 0.3) is 0 Å². The van der Waals surface area contributed by atoms with Crippen LogP contribution in [0.3, 0.4) is 0 Å². The molecule has 0 bridgehead atoms. The lowest BCUT2D eigenvalue weighted by atomic mass is 10.1. The van der Waals surface area contributed by atoms with Gasteiger partial charge in [0.15, 0.2) is 0 Å². The van der Waals surface area contributed by atoms with Crippen molar-refractivity contribution in [3.8, 4) is 0 Å². The van der Waals surface area contributed by atoms with Gasteiger partial charge in [0.25, 0.3) is 0 Å². The number of benzene rings is 2. The minimum atomic E-state index is 0.210. The zero-order chi connectivity index (χ0) is 13.3. The maximum Gasteiger partial charge on any atom is 0.0558 e. The highest BCUT2D eigenvalue weighted by Gasteiger charge is 2.05. The third-order valence-corrected chi connectivity index (χ3v) is 3.22. The van der Waals surface area contributed by atoms with Crippen LogP contribution in [0.4, 0.5) is 0 Å². The highest BCUT2D eigenvalue weighted by molar-refractivity contribution is 5.16. The van der Waals surface area contributed by atoms with Gasteiger partial charge in [-0.2, -0.15) is 0 Å². The Morgan fingerprint density at radius 2 is 1.32 bits per heavy atom. The summed E-state index contributed by atoms with van der Waals surface area (Å²) < 4.78 is 0. The summed E-state index contributed by atoms with van der Waals surface area (Å²) in [6, 6.07) is 20.9. The molecule has 2 rings (SSSR count). The van der Waals surface area contributed by atoms with E-state index in [2.05, 4.69) is 53.4 Å². The highest BCUT2D eigenvalue weighted by atomic mass is 16.3. The van der Waals surface area contributed by atoms with Crippen LogP contribution < -0.4 is 0 Å². The summed E-state index contributed by atoms with van der Waals surface area (Å²) in [5, 5.41) is 9.17. The number of hydrogen-bond acceptors (Lipinski definition) is 2. The van der Waals surface area contributed by atoms with E-state index in [0.717, 1.165) is 26.1 Å². The summed E-state index contributed by atoms with van der Waals surface area (Å²) >= 11 is 0. The summed E-state index contributed by atoms with van der Waals surface area (Å²) in [5.41, 5.74) is 2.64. The maximum atomic E-state index is 9.17. The predicted molar refractivity (Wildman–Crippen MR) is 79.0 cm³/mol. The Balaban J connectivity index is 1.89. The molecule has 0 aromatic heterocycles. The quantitative estimate of drug-likeness (QED) is 0.822. The molecule has 2 aromatic carbocycles. The molecular weight excluding hydrogens is 234 g/mol. The van der Waals surface area contributed by atoms with E-state index in [4.69, 9.17) is 0 Å². The fourth-order valence-electron chi connectivity index (χ4n) is 2.18. The molecule has 2 aromatic rings. The lowest BCUT2D eigenvalue weighted by Gasteiger charge is -2.21. The summed E-state index contributed by atoms with van der Waals surface area (Å²) in [6.45, 7) is 2.80. The molecule has 0 radical (unpaired) electrons. The fourth-order valence-corrected chi connectivity index (χ4v) is 2.18. The van der Waals surface area contributed by atoms with E-state index < -0.39 is 0 Å². The normalized spacial score (nSPS) is 10.8. The van der Waals surface area contributed by atoms with Crippen molar-refractivity contribution >= 4 is 0 Å². The molecule has 2 nitrogen and oxygen atoms in total. The van der Waals surface area contributed by atoms with Gasteiger partial charge in [-0.05, 0) is 17.5 Å². The van der Waals surface area contributed by atoms with Crippen LogP contribution in [0.15, 0.2) is 60.7 Å². The van der Waals surface area contributed by atoms with Crippen molar-refractivity contribution in [3.63, 3.8) is 0 Å². The van der Waals surface area contributed by atoms with Gasteiger partial charge >= 0.3 is 0 Å². The molecule has 0 spiro atoms. The zero-order valence-electron chi connectivity index (χ0n) is 11.2. The molecule has 0 heterocycles. The van der Waals surface area contributed by atoms with Crippen molar-refractivity contribution in [1.82, 2.24) is 4.90 Å². The van der Waals surface area contributed by atoms with Crippen molar-refractivity contribution < 1.29 is 5.11 Å². The van der Waals surface area contributed by atoms with Crippen LogP contribution in [-0.2, 0) is 13.0 Å². The largest absolute Gasteiger partial charge is 0.395 e. The molecule has 0 aliphatic carbocycles. The molecule has 0 aliphatic rings. The first-order chi connectivity index (χ1) is 9.38. The first kappa shape index (κ1) is 13.8. The Morgan fingerprint density at radius 3 is 1.89 bits per heavy atom. The molecule has 0 unspecified atom stereocenters. The van der Waals surface area contributed by atoms with Gasteiger partial charge < -0.3 is 5.11 Å². The second-order valence-electron chi connectivity index (χ2n) is 4.72. The first-order valence-corrected chi connectivity index (χ1v) is 6.79. The monoisotopic (exact) mass is 255 g/mol. The van der Waals surface area contributed by atoms with Crippen molar-refractivity contribution in [1.29, 1.82) is 0 Å². The zero-order valence-corrected chi connectivity index (χ0v) is 11.2. The smallest absolute Gasteiger partial charge is 0.0558 e. The van der Waals surface area contributed by atoms with Gasteiger partial charge in [0.05, 0.1) is 6.61 Å². The molecule has 0 saturated heterocycles. The number of hydrogen-bond donors (Lipinski definition) is 1. The Labute approximate surface area is 115 Å². The minimum Gasteiger partial charge on any atom is -0.395 e. The molecule has 0 amide bonds. The SMILES string of the molecule is OCCN(CCc1ccccc1)Cc1ccccc1. The highest BCUT2D eigenvalue weighted by Crippen LogP contribution is 2.06. The van der Waals surface area contributed by atoms with E-state index in [1.807, 2.05) is 12.1 Å². The lowest BCUT2D eigenvalue weighted by molar-refractivity contribution is 0.191. The average molecular weight is 255 g/mol. The molecule has 0 fully saturated rings. The van der Waals surface area contributed by atoms with E-state index >= 15 is 0 Å². The van der Waals surface area contributed by atoms with E-state index in [9.17, 15) is 5.11 Å². The predicted octanol–water partition coefficient (Wildman–Crippen LogP) is 2.72. The van der Waals surface area contributed by atoms with Crippen LogP contribution in [-0.4, -0.2) is 29.7 Å². The Morgan fingerprint density at radius 1 is 0.737 bits per heavy atom. The lowest BCUT2D eigenvalue weighted by Crippen LogP contribution is -2.28. The topological polar surface area (TPSA) is 23.5 Å². The standard InChI is InChI=1S/C17H21NO/c19-14-13-18(15-17-9-5-2-6-10-17)12-11-16-7-3-1-4-8-16/h1-10,19H,11-15H2. The van der Waals surface area contributed by atoms with Gasteiger partial charge in [-0.15, -0.1) is 0 Å². The average Bonchev–Trinajstić information content (AvgIpc) is 2.47. The molecule has 0 aliphatic heterocycles. The van der Waals surface area contributed by atoms with Crippen molar-refractivity contribution in [2.75, 3.05) is 19.7 Å². The number of aliphatic hydroxyl groups excluding tert-OH is 1. The molecule has 100 valence electrons. The van der Waals surface area contributed by atoms with Gasteiger partial charge in [-0.1, -0.05) is 60.7 Å². The molecular formula is C17H21NO. The second-order valence-corrected chi connectivity index (χ2v) is 4.72. The molecule has 1 N–H and O–H groups in total. The number of rotatable bonds is 7. The van der Waals surface area contributed by atoms with Crippen LogP contribution in [0, 0.1) is 0 Å². The van der Waals surface area contributed by atoms with Crippen LogP contribution in [0.5, 0.6) is 0 Å². The van der Waals surface area contributed by atoms with Gasteiger partial charge in [-0.3, -0.25) is 4.90 Å². The number of nitrogens with zero attached hydrogens (tertiary/aromatic N) is 1. The van der Waals surface area contributed by atoms with Crippen molar-refractivity contribution in [2.24, 2.45) is 0 Å². The summed E-state index contributed by atoms with van der Waals surface area (Å²) in [5.74, 6) is 0. The minimum absolute atomic E-state index is 0.210. The Hall–Kier alpha value is -1.64. The fraction of sp³-hybridized carbons (Fsp3) is 0.294. The van der Waals surface area contributed by atoms with Gasteiger partial charge in [-0.25, -0.2) is 0 Å². The number of aliphatic hydroxyl groups is 1. The van der Waals surface area contributed by atoms with E-state index in [-0.39, 0.29) is 6.61 Å². The van der Waals surface area contributed by atoms with E-state index in [0.29, 0.717) is 0 Å². The Kier molecular flexibility index (Phi) is 5.60. The molecule has 0 atom stereocenters. The third-order valence-electron chi connectivity index (χ3n) is 3.22. The molecule has 2 heteroatoms. The first-order valence-electron chi connectivity index (χ1n) is 6.79. The summed E-state index contributed by atoms with van der Waals surface area (Å²) in [4.78, 5) is 2.29. The van der Waals surface area contributed by atoms with Crippen molar-refractivity contribution in [3.05, 3.63) is 71.8 Å². The van der Waals surface area contributed by atoms with E-state index in [1.54, 1.807) is 0 Å². The summed E-state index contributed by atoms with van der Waals surface area (Å²) in [7, 11) is 0. The van der Waals surface area contributed by atoms with Crippen LogP contribution in [0.1, 0.15) is 11.1 Å². The molecule has 0 saturated carbocycles. The second kappa shape index (κ2) is 7.72. The Bertz CT molecular complexity index is 455. The van der Waals surface area contributed by atoms with Crippen LogP contribution in [0.2, 0.25) is 0 Å². The van der Waals surface area contributed by atoms with Crippen molar-refractivity contribution in [2.45, 2.75) is 13.0 Å². The third kappa shape index (κ3) is 4.86. The summed E-state index contributed by atoms with van der Waals surface area (Å²) in [6.07, 6.45) is 1.02. The van der Waals surface area contributed by atoms with E-state index in [1.165, 1.54) is 11.1 Å². The maximum absolute atomic E-state index is 9.17. The van der Waals surface area contributed by atoms with Gasteiger partial charge in [0.2, 0.25) is 0 Å². The van der Waals surface area contributed by atoms with Gasteiger partial charge in [0, 0.05) is 19.6 Å². The molecule has 19 heavy (non-hydrogen) atoms. The van der Waals surface area contributed by atoms with Gasteiger partial charge in [0.1, 0.15) is 0 Å².